The van der Waals surface area contributed by atoms with E-state index in [9.17, 15) is 0 Å². The molecule has 2 heteroatoms. The Morgan fingerprint density at radius 1 is 0.500 bits per heavy atom. The van der Waals surface area contributed by atoms with Crippen molar-refractivity contribution < 1.29 is 9.47 Å². The third-order valence-electron chi connectivity index (χ3n) is 2.57. The van der Waals surface area contributed by atoms with E-state index in [1.54, 1.807) is 0 Å². The largest absolute Gasteiger partial charge is 0.381 e. The van der Waals surface area contributed by atoms with Crippen LogP contribution in [0, 0.1) is 0 Å². The Morgan fingerprint density at radius 2 is 1.00 bits per heavy atom. The van der Waals surface area contributed by atoms with E-state index in [2.05, 4.69) is 13.8 Å². The van der Waals surface area contributed by atoms with Crippen molar-refractivity contribution in [2.45, 2.75) is 65.2 Å². The summed E-state index contributed by atoms with van der Waals surface area (Å²) in [4.78, 5) is 0. The first-order valence-electron chi connectivity index (χ1n) is 7.07. The van der Waals surface area contributed by atoms with E-state index < -0.39 is 0 Å². The van der Waals surface area contributed by atoms with Crippen LogP contribution in [0.25, 0.3) is 0 Å². The molecule has 0 fully saturated rings. The monoisotopic (exact) mass is 230 g/mol. The molecule has 0 unspecified atom stereocenters. The molecular weight excluding hydrogens is 200 g/mol. The second-order valence-electron chi connectivity index (χ2n) is 4.35. The fourth-order valence-electron chi connectivity index (χ4n) is 1.56. The highest BCUT2D eigenvalue weighted by molar-refractivity contribution is 4.43. The minimum Gasteiger partial charge on any atom is -0.381 e. The van der Waals surface area contributed by atoms with Crippen molar-refractivity contribution in [1.29, 1.82) is 0 Å². The van der Waals surface area contributed by atoms with E-state index in [1.165, 1.54) is 44.9 Å². The number of ether oxygens (including phenoxy) is 2. The third kappa shape index (κ3) is 13.9. The average Bonchev–Trinajstić information content (AvgIpc) is 2.31. The molecule has 98 valence electrons. The lowest BCUT2D eigenvalue weighted by Gasteiger charge is -2.04. The van der Waals surface area contributed by atoms with Gasteiger partial charge in [0, 0.05) is 26.4 Å². The molecule has 0 aromatic carbocycles. The molecule has 0 atom stereocenters. The lowest BCUT2D eigenvalue weighted by atomic mass is 10.2. The zero-order chi connectivity index (χ0) is 11.9. The molecule has 0 aliphatic carbocycles. The van der Waals surface area contributed by atoms with E-state index in [4.69, 9.17) is 9.47 Å². The number of rotatable bonds is 13. The van der Waals surface area contributed by atoms with Crippen LogP contribution in [-0.2, 0) is 9.47 Å². The van der Waals surface area contributed by atoms with Crippen LogP contribution in [0.1, 0.15) is 65.2 Å². The Bertz CT molecular complexity index is 101. The zero-order valence-electron chi connectivity index (χ0n) is 11.3. The van der Waals surface area contributed by atoms with E-state index in [0.29, 0.717) is 0 Å². The lowest BCUT2D eigenvalue weighted by molar-refractivity contribution is 0.113. The third-order valence-corrected chi connectivity index (χ3v) is 2.57. The molecule has 0 rings (SSSR count). The zero-order valence-corrected chi connectivity index (χ0v) is 11.3. The van der Waals surface area contributed by atoms with Crippen LogP contribution in [-0.4, -0.2) is 26.4 Å². The maximum Gasteiger partial charge on any atom is 0.0466 e. The molecule has 0 radical (unpaired) electrons. The Labute approximate surface area is 102 Å². The van der Waals surface area contributed by atoms with Crippen LogP contribution >= 0.6 is 0 Å². The number of unbranched alkanes of at least 4 members (excludes halogenated alkanes) is 5. The van der Waals surface area contributed by atoms with Gasteiger partial charge in [-0.05, 0) is 32.1 Å². The topological polar surface area (TPSA) is 18.5 Å². The first-order valence-corrected chi connectivity index (χ1v) is 7.07. The molecule has 0 aromatic rings. The highest BCUT2D eigenvalue weighted by Crippen LogP contribution is 2.01. The van der Waals surface area contributed by atoms with E-state index >= 15 is 0 Å². The second kappa shape index (κ2) is 14.9. The summed E-state index contributed by atoms with van der Waals surface area (Å²) in [6.07, 6.45) is 9.92. The van der Waals surface area contributed by atoms with Crippen LogP contribution in [0.5, 0.6) is 0 Å². The van der Waals surface area contributed by atoms with Gasteiger partial charge in [0.2, 0.25) is 0 Å². The van der Waals surface area contributed by atoms with Crippen molar-refractivity contribution in [2.75, 3.05) is 26.4 Å². The van der Waals surface area contributed by atoms with Gasteiger partial charge in [-0.15, -0.1) is 0 Å². The Balaban J connectivity index is 2.83. The molecule has 16 heavy (non-hydrogen) atoms. The van der Waals surface area contributed by atoms with Gasteiger partial charge in [0.1, 0.15) is 0 Å². The quantitative estimate of drug-likeness (QED) is 0.442. The Hall–Kier alpha value is -0.0800. The second-order valence-corrected chi connectivity index (χ2v) is 4.35. The van der Waals surface area contributed by atoms with Crippen LogP contribution in [0.2, 0.25) is 0 Å². The number of hydrogen-bond acceptors (Lipinski definition) is 2. The van der Waals surface area contributed by atoms with E-state index in [0.717, 1.165) is 32.8 Å². The molecule has 0 aliphatic rings. The summed E-state index contributed by atoms with van der Waals surface area (Å²) in [5.74, 6) is 0. The SMILES string of the molecule is CCCCCCOCCCCCOCCC. The summed E-state index contributed by atoms with van der Waals surface area (Å²) >= 11 is 0. The highest BCUT2D eigenvalue weighted by atomic mass is 16.5. The van der Waals surface area contributed by atoms with Crippen LogP contribution in [0.15, 0.2) is 0 Å². The maximum atomic E-state index is 5.57. The molecule has 0 saturated carbocycles. The molecule has 0 saturated heterocycles. The van der Waals surface area contributed by atoms with Gasteiger partial charge >= 0.3 is 0 Å². The van der Waals surface area contributed by atoms with E-state index in [1.807, 2.05) is 0 Å². The van der Waals surface area contributed by atoms with Crippen molar-refractivity contribution in [3.05, 3.63) is 0 Å². The van der Waals surface area contributed by atoms with Gasteiger partial charge in [-0.1, -0.05) is 33.1 Å². The van der Waals surface area contributed by atoms with Gasteiger partial charge in [0.05, 0.1) is 0 Å². The van der Waals surface area contributed by atoms with Gasteiger partial charge in [0.15, 0.2) is 0 Å². The summed E-state index contributed by atoms with van der Waals surface area (Å²) in [6.45, 7) is 8.10. The summed E-state index contributed by atoms with van der Waals surface area (Å²) < 4.78 is 11.0. The number of hydrogen-bond donors (Lipinski definition) is 0. The highest BCUT2D eigenvalue weighted by Gasteiger charge is 1.92. The van der Waals surface area contributed by atoms with Gasteiger partial charge in [0.25, 0.3) is 0 Å². The molecule has 0 heterocycles. The van der Waals surface area contributed by atoms with E-state index in [-0.39, 0.29) is 0 Å². The summed E-state index contributed by atoms with van der Waals surface area (Å²) in [7, 11) is 0. The summed E-state index contributed by atoms with van der Waals surface area (Å²) in [5, 5.41) is 0. The molecule has 0 aromatic heterocycles. The van der Waals surface area contributed by atoms with Crippen molar-refractivity contribution in [2.24, 2.45) is 0 Å². The minimum absolute atomic E-state index is 0.911. The fourth-order valence-corrected chi connectivity index (χ4v) is 1.56. The van der Waals surface area contributed by atoms with Crippen LogP contribution in [0.3, 0.4) is 0 Å². The van der Waals surface area contributed by atoms with Crippen LogP contribution in [0.4, 0.5) is 0 Å². The smallest absolute Gasteiger partial charge is 0.0466 e. The molecule has 0 amide bonds. The Kier molecular flexibility index (Phi) is 14.8. The minimum atomic E-state index is 0.911. The van der Waals surface area contributed by atoms with Gasteiger partial charge in [-0.25, -0.2) is 0 Å². The summed E-state index contributed by atoms with van der Waals surface area (Å²) in [5.41, 5.74) is 0. The van der Waals surface area contributed by atoms with Crippen molar-refractivity contribution in [3.63, 3.8) is 0 Å². The van der Waals surface area contributed by atoms with Crippen molar-refractivity contribution in [3.8, 4) is 0 Å². The molecule has 0 spiro atoms. The van der Waals surface area contributed by atoms with Gasteiger partial charge in [-0.3, -0.25) is 0 Å². The molecule has 0 bridgehead atoms. The predicted molar refractivity (Wildman–Crippen MR) is 69.9 cm³/mol. The molecule has 0 N–H and O–H groups in total. The first-order chi connectivity index (χ1) is 7.91. The van der Waals surface area contributed by atoms with Gasteiger partial charge in [-0.2, -0.15) is 0 Å². The van der Waals surface area contributed by atoms with Gasteiger partial charge < -0.3 is 9.47 Å². The van der Waals surface area contributed by atoms with Crippen LogP contribution < -0.4 is 0 Å². The molecular formula is C14H30O2. The van der Waals surface area contributed by atoms with Crippen molar-refractivity contribution in [1.82, 2.24) is 0 Å². The maximum absolute atomic E-state index is 5.57. The molecule has 0 aliphatic heterocycles. The first kappa shape index (κ1) is 15.9. The Morgan fingerprint density at radius 3 is 1.50 bits per heavy atom. The fraction of sp³-hybridized carbons (Fsp3) is 1.00. The molecule has 2 nitrogen and oxygen atoms in total. The average molecular weight is 230 g/mol. The lowest BCUT2D eigenvalue weighted by Crippen LogP contribution is -1.99. The standard InChI is InChI=1S/C14H30O2/c1-3-5-6-8-13-16-14-10-7-9-12-15-11-4-2/h3-14H2,1-2H3. The summed E-state index contributed by atoms with van der Waals surface area (Å²) in [6, 6.07) is 0. The normalized spacial score (nSPS) is 10.9. The predicted octanol–water partition coefficient (Wildman–Crippen LogP) is 4.18. The van der Waals surface area contributed by atoms with Crippen molar-refractivity contribution >= 4 is 0 Å².